The van der Waals surface area contributed by atoms with Crippen LogP contribution in [0.5, 0.6) is 0 Å². The largest absolute Gasteiger partial charge is 0.542 e. The van der Waals surface area contributed by atoms with Crippen LogP contribution in [0.15, 0.2) is 72.8 Å². The number of alkyl halides is 3. The predicted molar refractivity (Wildman–Crippen MR) is 212 cm³/mol. The van der Waals surface area contributed by atoms with Gasteiger partial charge in [0.05, 0.1) is 12.0 Å². The number of hydrogen-bond donors (Lipinski definition) is 3. The van der Waals surface area contributed by atoms with E-state index in [-0.39, 0.29) is 42.4 Å². The van der Waals surface area contributed by atoms with E-state index < -0.39 is 23.6 Å². The van der Waals surface area contributed by atoms with Crippen molar-refractivity contribution in [3.8, 4) is 0 Å². The molecule has 2 aliphatic heterocycles. The number of halogens is 3. The number of carbonyl (C=O) groups is 5. The van der Waals surface area contributed by atoms with Crippen molar-refractivity contribution in [2.75, 3.05) is 39.3 Å². The number of amides is 5. The van der Waals surface area contributed by atoms with Crippen molar-refractivity contribution < 1.29 is 48.0 Å². The molecule has 12 nitrogen and oxygen atoms in total. The molecule has 3 aromatic carbocycles. The van der Waals surface area contributed by atoms with Gasteiger partial charge in [0.1, 0.15) is 12.0 Å². The third kappa shape index (κ3) is 12.4. The Kier molecular flexibility index (Phi) is 16.5. The lowest BCUT2D eigenvalue weighted by molar-refractivity contribution is -0.368. The number of rotatable bonds is 13. The minimum atomic E-state index is -5.19. The van der Waals surface area contributed by atoms with Crippen molar-refractivity contribution in [1.82, 2.24) is 25.3 Å². The zero-order valence-electron chi connectivity index (χ0n) is 33.7. The maximum Gasteiger partial charge on any atom is 0.430 e. The van der Waals surface area contributed by atoms with Crippen molar-refractivity contribution in [1.29, 1.82) is 0 Å². The molecule has 2 saturated heterocycles. The third-order valence-corrected chi connectivity index (χ3v) is 10.8. The summed E-state index contributed by atoms with van der Waals surface area (Å²) in [7, 11) is 0. The van der Waals surface area contributed by atoms with Crippen LogP contribution in [0.3, 0.4) is 0 Å². The molecule has 2 heterocycles. The number of carboxylic acid groups (broad SMARTS) is 1. The summed E-state index contributed by atoms with van der Waals surface area (Å²) >= 11 is 0. The number of hydrogen-bond acceptors (Lipinski definition) is 6. The van der Waals surface area contributed by atoms with Crippen molar-refractivity contribution in [2.24, 2.45) is 5.41 Å². The first-order chi connectivity index (χ1) is 27.6. The van der Waals surface area contributed by atoms with Gasteiger partial charge < -0.3 is 41.0 Å². The number of quaternary nitrogens is 1. The second-order valence-electron chi connectivity index (χ2n) is 15.4. The number of piperazine rings is 1. The standard InChI is InChI=1S/C41H56N6O4.C2HF3O2/c1-4-43-39(50)41(26-32-14-7-5-8-15-32)21-13-23-45(29-41)38(49)36(25-33-19-20-34-16-10-11-17-35(34)24-33)44-40(51)46-27-30(2)47(31(3)28-46)37(48)18-9-6-12-22-42;3-2(4,5)1(6)7/h5,7-8,10-11,14-17,19-20,24,30-31,36H,4,6,9,12-13,18,21-23,25-29,42H2,1-3H3,(H,43,50)(H,44,51);(H,6,7)/t30?,31?,36-,41+;/m1./s1. The Hall–Kier alpha value is -5.18. The molecule has 2 unspecified atom stereocenters. The lowest BCUT2D eigenvalue weighted by Gasteiger charge is -2.45. The number of aliphatic carboxylic acids is 1. The van der Waals surface area contributed by atoms with Gasteiger partial charge in [-0.3, -0.25) is 14.4 Å². The number of urea groups is 1. The Bertz CT molecular complexity index is 1850. The van der Waals surface area contributed by atoms with Gasteiger partial charge >= 0.3 is 12.2 Å². The van der Waals surface area contributed by atoms with Crippen molar-refractivity contribution >= 4 is 40.5 Å². The molecule has 5 N–H and O–H groups in total. The molecular formula is C43H57F3N6O6. The number of benzene rings is 3. The number of likely N-dealkylation sites (tertiary alicyclic amines) is 1. The topological polar surface area (TPSA) is 170 Å². The van der Waals surface area contributed by atoms with Crippen LogP contribution in [0.4, 0.5) is 18.0 Å². The first-order valence-electron chi connectivity index (χ1n) is 20.1. The highest BCUT2D eigenvalue weighted by atomic mass is 19.4. The Morgan fingerprint density at radius 3 is 2.14 bits per heavy atom. The fourth-order valence-corrected chi connectivity index (χ4v) is 8.07. The molecule has 0 spiro atoms. The second kappa shape index (κ2) is 21.0. The Labute approximate surface area is 338 Å². The first-order valence-corrected chi connectivity index (χ1v) is 20.1. The molecule has 0 radical (unpaired) electrons. The maximum absolute atomic E-state index is 14.6. The quantitative estimate of drug-likeness (QED) is 0.224. The van der Waals surface area contributed by atoms with Gasteiger partial charge in [0.25, 0.3) is 0 Å². The predicted octanol–water partition coefficient (Wildman–Crippen LogP) is 3.47. The molecule has 4 atom stereocenters. The van der Waals surface area contributed by atoms with Gasteiger partial charge in [-0.25, -0.2) is 4.79 Å². The fraction of sp³-hybridized carbons (Fsp3) is 0.512. The molecule has 5 amide bonds. The highest BCUT2D eigenvalue weighted by Gasteiger charge is 2.45. The zero-order chi connectivity index (χ0) is 42.5. The number of nitrogens with one attached hydrogen (secondary N) is 2. The molecule has 0 aliphatic carbocycles. The van der Waals surface area contributed by atoms with Crippen LogP contribution < -0.4 is 21.5 Å². The van der Waals surface area contributed by atoms with Crippen LogP contribution >= 0.6 is 0 Å². The SMILES string of the molecule is CCNC(=O)[C@]1(Cc2ccccc2)CCCN(C(=O)[C@@H](Cc2ccc3ccccc3c2)NC(=O)N2CC(C)N(C(=O)CCCCC[NH3+])C(C)C2)C1.O=C([O-])C(F)(F)F. The molecule has 5 rings (SSSR count). The summed E-state index contributed by atoms with van der Waals surface area (Å²) in [5, 5.41) is 17.1. The summed E-state index contributed by atoms with van der Waals surface area (Å²) in [5.74, 6) is -3.11. The van der Waals surface area contributed by atoms with Crippen LogP contribution in [0, 0.1) is 5.41 Å². The van der Waals surface area contributed by atoms with Crippen molar-refractivity contribution in [3.63, 3.8) is 0 Å². The molecule has 0 bridgehead atoms. The maximum atomic E-state index is 14.6. The smallest absolute Gasteiger partial charge is 0.430 e. The van der Waals surface area contributed by atoms with Crippen molar-refractivity contribution in [2.45, 2.75) is 96.4 Å². The van der Waals surface area contributed by atoms with Crippen LogP contribution in [-0.2, 0) is 32.0 Å². The van der Waals surface area contributed by atoms with Gasteiger partial charge in [-0.2, -0.15) is 13.2 Å². The zero-order valence-corrected chi connectivity index (χ0v) is 33.7. The lowest BCUT2D eigenvalue weighted by atomic mass is 9.74. The van der Waals surface area contributed by atoms with E-state index in [0.717, 1.165) is 47.7 Å². The van der Waals surface area contributed by atoms with Crippen LogP contribution in [-0.4, -0.2) is 108 Å². The molecular weight excluding hydrogens is 754 g/mol. The minimum absolute atomic E-state index is 0.0424. The normalized spacial score (nSPS) is 20.1. The summed E-state index contributed by atoms with van der Waals surface area (Å²) in [5.41, 5.74) is 5.11. The van der Waals surface area contributed by atoms with E-state index in [0.29, 0.717) is 58.3 Å². The molecule has 58 heavy (non-hydrogen) atoms. The van der Waals surface area contributed by atoms with Crippen molar-refractivity contribution in [3.05, 3.63) is 83.9 Å². The highest BCUT2D eigenvalue weighted by Crippen LogP contribution is 2.35. The second-order valence-corrected chi connectivity index (χ2v) is 15.4. The Balaban J connectivity index is 0.000000973. The lowest BCUT2D eigenvalue weighted by Crippen LogP contribution is -2.63. The highest BCUT2D eigenvalue weighted by molar-refractivity contribution is 5.90. The van der Waals surface area contributed by atoms with E-state index in [1.807, 2.05) is 86.3 Å². The van der Waals surface area contributed by atoms with Gasteiger partial charge in [-0.05, 0) is 81.2 Å². The van der Waals surface area contributed by atoms with Gasteiger partial charge in [0, 0.05) is 57.6 Å². The van der Waals surface area contributed by atoms with E-state index in [1.54, 1.807) is 9.80 Å². The number of carboxylic acids is 1. The van der Waals surface area contributed by atoms with Gasteiger partial charge in [0.2, 0.25) is 17.7 Å². The van der Waals surface area contributed by atoms with E-state index in [9.17, 15) is 32.3 Å². The number of nitrogens with zero attached hydrogens (tertiary/aromatic N) is 3. The number of carbonyl (C=O) groups excluding carboxylic acids is 5. The summed E-state index contributed by atoms with van der Waals surface area (Å²) in [4.78, 5) is 69.8. The molecule has 316 valence electrons. The first kappa shape index (κ1) is 45.5. The van der Waals surface area contributed by atoms with Gasteiger partial charge in [0.15, 0.2) is 0 Å². The summed E-state index contributed by atoms with van der Waals surface area (Å²) < 4.78 is 31.5. The minimum Gasteiger partial charge on any atom is -0.542 e. The average Bonchev–Trinajstić information content (AvgIpc) is 3.19. The monoisotopic (exact) mass is 810 g/mol. The van der Waals surface area contributed by atoms with Crippen LogP contribution in [0.1, 0.15) is 70.4 Å². The van der Waals surface area contributed by atoms with E-state index in [1.165, 1.54) is 0 Å². The average molecular weight is 811 g/mol. The molecule has 15 heteroatoms. The van der Waals surface area contributed by atoms with E-state index >= 15 is 0 Å². The summed E-state index contributed by atoms with van der Waals surface area (Å²) in [6, 6.07) is 22.8. The van der Waals surface area contributed by atoms with E-state index in [4.69, 9.17) is 9.90 Å². The van der Waals surface area contributed by atoms with E-state index in [2.05, 4.69) is 28.5 Å². The summed E-state index contributed by atoms with van der Waals surface area (Å²) in [6.45, 7) is 8.85. The molecule has 2 aliphatic rings. The Morgan fingerprint density at radius 1 is 0.879 bits per heavy atom. The fourth-order valence-electron chi connectivity index (χ4n) is 8.07. The Morgan fingerprint density at radius 2 is 1.52 bits per heavy atom. The molecule has 3 aromatic rings. The van der Waals surface area contributed by atoms with Crippen LogP contribution in [0.25, 0.3) is 10.8 Å². The number of unbranched alkanes of at least 4 members (excludes halogenated alkanes) is 2. The number of piperidine rings is 1. The third-order valence-electron chi connectivity index (χ3n) is 10.8. The van der Waals surface area contributed by atoms with Crippen LogP contribution in [0.2, 0.25) is 0 Å². The molecule has 2 fully saturated rings. The molecule has 0 aromatic heterocycles. The van der Waals surface area contributed by atoms with Gasteiger partial charge in [-0.15, -0.1) is 0 Å². The number of fused-ring (bicyclic) bond motifs is 1. The molecule has 0 saturated carbocycles. The van der Waals surface area contributed by atoms with Gasteiger partial charge in [-0.1, -0.05) is 72.8 Å². The summed E-state index contributed by atoms with van der Waals surface area (Å²) in [6.07, 6.45) is 0.358.